The van der Waals surface area contributed by atoms with Crippen LogP contribution >= 0.6 is 0 Å². The largest absolute Gasteiger partial charge is 0.494 e. The molecule has 0 bridgehead atoms. The minimum Gasteiger partial charge on any atom is -0.494 e. The smallest absolute Gasteiger partial charge is 0.242 e. The number of carbonyl (C=O) groups is 1. The minimum absolute atomic E-state index is 0.119. The van der Waals surface area contributed by atoms with Crippen molar-refractivity contribution in [2.45, 2.75) is 20.4 Å². The molecule has 102 valence electrons. The molecule has 1 amide bonds. The van der Waals surface area contributed by atoms with Gasteiger partial charge in [-0.15, -0.1) is 0 Å². The van der Waals surface area contributed by atoms with Crippen molar-refractivity contribution >= 4 is 16.8 Å². The van der Waals surface area contributed by atoms with Gasteiger partial charge >= 0.3 is 0 Å². The van der Waals surface area contributed by atoms with Gasteiger partial charge in [-0.25, -0.2) is 0 Å². The van der Waals surface area contributed by atoms with E-state index in [1.807, 2.05) is 55.9 Å². The molecule has 0 aliphatic rings. The van der Waals surface area contributed by atoms with E-state index < -0.39 is 0 Å². The average Bonchev–Trinajstić information content (AvgIpc) is 2.80. The lowest BCUT2D eigenvalue weighted by Crippen LogP contribution is -2.29. The SMILES string of the molecule is CCOc1ccc2c(ccn2CC(=O)N(C)CC)c1. The van der Waals surface area contributed by atoms with Gasteiger partial charge in [-0.3, -0.25) is 4.79 Å². The fourth-order valence-electron chi connectivity index (χ4n) is 2.02. The van der Waals surface area contributed by atoms with Gasteiger partial charge in [-0.2, -0.15) is 0 Å². The van der Waals surface area contributed by atoms with E-state index in [0.717, 1.165) is 23.2 Å². The van der Waals surface area contributed by atoms with Gasteiger partial charge in [0.25, 0.3) is 0 Å². The van der Waals surface area contributed by atoms with Crippen molar-refractivity contribution < 1.29 is 9.53 Å². The normalized spacial score (nSPS) is 10.7. The molecule has 1 aromatic carbocycles. The van der Waals surface area contributed by atoms with Crippen LogP contribution in [0.5, 0.6) is 5.75 Å². The second-order valence-corrected chi connectivity index (χ2v) is 4.51. The molecule has 2 rings (SSSR count). The number of nitrogens with zero attached hydrogens (tertiary/aromatic N) is 2. The number of carbonyl (C=O) groups excluding carboxylic acids is 1. The van der Waals surface area contributed by atoms with Crippen LogP contribution in [0.15, 0.2) is 30.5 Å². The van der Waals surface area contributed by atoms with Crippen molar-refractivity contribution in [1.29, 1.82) is 0 Å². The van der Waals surface area contributed by atoms with Gasteiger partial charge in [0, 0.05) is 30.7 Å². The van der Waals surface area contributed by atoms with Crippen LogP contribution in [0.4, 0.5) is 0 Å². The Labute approximate surface area is 113 Å². The molecule has 0 atom stereocenters. The second kappa shape index (κ2) is 5.78. The summed E-state index contributed by atoms with van der Waals surface area (Å²) in [5.41, 5.74) is 1.06. The zero-order chi connectivity index (χ0) is 13.8. The van der Waals surface area contributed by atoms with E-state index in [1.54, 1.807) is 4.90 Å². The molecule has 4 heteroatoms. The molecule has 1 heterocycles. The van der Waals surface area contributed by atoms with Gasteiger partial charge in [0.1, 0.15) is 12.3 Å². The van der Waals surface area contributed by atoms with Crippen molar-refractivity contribution in [3.8, 4) is 5.75 Å². The zero-order valence-electron chi connectivity index (χ0n) is 11.7. The number of fused-ring (bicyclic) bond motifs is 1. The van der Waals surface area contributed by atoms with Gasteiger partial charge in [0.05, 0.1) is 6.61 Å². The Hall–Kier alpha value is -1.97. The van der Waals surface area contributed by atoms with Crippen LogP contribution in [0.1, 0.15) is 13.8 Å². The van der Waals surface area contributed by atoms with Crippen molar-refractivity contribution in [3.05, 3.63) is 30.5 Å². The Kier molecular flexibility index (Phi) is 4.10. The van der Waals surface area contributed by atoms with E-state index in [-0.39, 0.29) is 5.91 Å². The summed E-state index contributed by atoms with van der Waals surface area (Å²) in [6.45, 7) is 5.70. The summed E-state index contributed by atoms with van der Waals surface area (Å²) >= 11 is 0. The number of hydrogen-bond donors (Lipinski definition) is 0. The molecule has 0 radical (unpaired) electrons. The van der Waals surface area contributed by atoms with Crippen LogP contribution in [0.2, 0.25) is 0 Å². The predicted octanol–water partition coefficient (Wildman–Crippen LogP) is 2.52. The second-order valence-electron chi connectivity index (χ2n) is 4.51. The fraction of sp³-hybridized carbons (Fsp3) is 0.400. The molecule has 0 unspecified atom stereocenters. The summed E-state index contributed by atoms with van der Waals surface area (Å²) in [7, 11) is 1.82. The van der Waals surface area contributed by atoms with Crippen LogP contribution in [0.25, 0.3) is 10.9 Å². The van der Waals surface area contributed by atoms with Gasteiger partial charge in [-0.05, 0) is 38.1 Å². The standard InChI is InChI=1S/C15H20N2O2/c1-4-16(3)15(18)11-17-9-8-12-10-13(19-5-2)6-7-14(12)17/h6-10H,4-5,11H2,1-3H3. The average molecular weight is 260 g/mol. The molecule has 0 fully saturated rings. The first-order chi connectivity index (χ1) is 9.15. The van der Waals surface area contributed by atoms with Crippen LogP contribution in [-0.4, -0.2) is 35.6 Å². The molecule has 0 aliphatic heterocycles. The Bertz CT molecular complexity index is 575. The maximum absolute atomic E-state index is 11.9. The highest BCUT2D eigenvalue weighted by molar-refractivity contribution is 5.84. The number of amides is 1. The first kappa shape index (κ1) is 13.5. The molecular weight excluding hydrogens is 240 g/mol. The van der Waals surface area contributed by atoms with Crippen LogP contribution in [-0.2, 0) is 11.3 Å². The molecule has 19 heavy (non-hydrogen) atoms. The maximum atomic E-state index is 11.9. The number of aromatic nitrogens is 1. The lowest BCUT2D eigenvalue weighted by Gasteiger charge is -2.15. The van der Waals surface area contributed by atoms with E-state index in [1.165, 1.54) is 0 Å². The molecule has 0 spiro atoms. The van der Waals surface area contributed by atoms with Gasteiger partial charge in [0.15, 0.2) is 0 Å². The summed E-state index contributed by atoms with van der Waals surface area (Å²) in [6, 6.07) is 7.95. The highest BCUT2D eigenvalue weighted by Gasteiger charge is 2.09. The van der Waals surface area contributed by atoms with Crippen LogP contribution < -0.4 is 4.74 Å². The highest BCUT2D eigenvalue weighted by atomic mass is 16.5. The molecular formula is C15H20N2O2. The van der Waals surface area contributed by atoms with Crippen molar-refractivity contribution in [1.82, 2.24) is 9.47 Å². The van der Waals surface area contributed by atoms with Crippen molar-refractivity contribution in [2.75, 3.05) is 20.2 Å². The van der Waals surface area contributed by atoms with Gasteiger partial charge in [0.2, 0.25) is 5.91 Å². The predicted molar refractivity (Wildman–Crippen MR) is 76.4 cm³/mol. The number of hydrogen-bond acceptors (Lipinski definition) is 2. The van der Waals surface area contributed by atoms with Crippen LogP contribution in [0, 0.1) is 0 Å². The Morgan fingerprint density at radius 3 is 2.79 bits per heavy atom. The molecule has 0 saturated carbocycles. The number of rotatable bonds is 5. The quantitative estimate of drug-likeness (QED) is 0.828. The first-order valence-corrected chi connectivity index (χ1v) is 6.61. The van der Waals surface area contributed by atoms with Crippen molar-refractivity contribution in [3.63, 3.8) is 0 Å². The Morgan fingerprint density at radius 2 is 2.11 bits per heavy atom. The lowest BCUT2D eigenvalue weighted by atomic mass is 10.2. The monoisotopic (exact) mass is 260 g/mol. The minimum atomic E-state index is 0.119. The first-order valence-electron chi connectivity index (χ1n) is 6.61. The van der Waals surface area contributed by atoms with E-state index in [9.17, 15) is 4.79 Å². The molecule has 0 N–H and O–H groups in total. The number of benzene rings is 1. The zero-order valence-corrected chi connectivity index (χ0v) is 11.7. The summed E-state index contributed by atoms with van der Waals surface area (Å²) in [6.07, 6.45) is 1.95. The molecule has 4 nitrogen and oxygen atoms in total. The molecule has 0 aliphatic carbocycles. The molecule has 2 aromatic rings. The highest BCUT2D eigenvalue weighted by Crippen LogP contribution is 2.22. The molecule has 1 aromatic heterocycles. The number of likely N-dealkylation sites (N-methyl/N-ethyl adjacent to an activating group) is 1. The Morgan fingerprint density at radius 1 is 1.32 bits per heavy atom. The third kappa shape index (κ3) is 2.89. The topological polar surface area (TPSA) is 34.5 Å². The fourth-order valence-corrected chi connectivity index (χ4v) is 2.02. The van der Waals surface area contributed by atoms with Crippen LogP contribution in [0.3, 0.4) is 0 Å². The van der Waals surface area contributed by atoms with Gasteiger partial charge < -0.3 is 14.2 Å². The maximum Gasteiger partial charge on any atom is 0.242 e. The van der Waals surface area contributed by atoms with Crippen molar-refractivity contribution in [2.24, 2.45) is 0 Å². The van der Waals surface area contributed by atoms with Gasteiger partial charge in [-0.1, -0.05) is 0 Å². The van der Waals surface area contributed by atoms with E-state index >= 15 is 0 Å². The summed E-state index contributed by atoms with van der Waals surface area (Å²) in [5, 5.41) is 1.10. The van der Waals surface area contributed by atoms with E-state index in [2.05, 4.69) is 0 Å². The third-order valence-electron chi connectivity index (χ3n) is 3.26. The Balaban J connectivity index is 2.23. The number of ether oxygens (including phenoxy) is 1. The summed E-state index contributed by atoms with van der Waals surface area (Å²) in [5.74, 6) is 0.985. The van der Waals surface area contributed by atoms with E-state index in [4.69, 9.17) is 4.74 Å². The third-order valence-corrected chi connectivity index (χ3v) is 3.26. The van der Waals surface area contributed by atoms with E-state index in [0.29, 0.717) is 13.2 Å². The summed E-state index contributed by atoms with van der Waals surface area (Å²) < 4.78 is 7.45. The lowest BCUT2D eigenvalue weighted by molar-refractivity contribution is -0.130. The molecule has 0 saturated heterocycles. The summed E-state index contributed by atoms with van der Waals surface area (Å²) in [4.78, 5) is 13.7.